The van der Waals surface area contributed by atoms with Gasteiger partial charge in [0, 0.05) is 35.5 Å². The summed E-state index contributed by atoms with van der Waals surface area (Å²) in [6.07, 6.45) is 0.227. The first-order valence-electron chi connectivity index (χ1n) is 14.5. The Kier molecular flexibility index (Phi) is 4.32. The monoisotopic (exact) mass is 544 g/mol. The smallest absolute Gasteiger partial charge is 0.312 e. The van der Waals surface area contributed by atoms with Crippen LogP contribution >= 0.6 is 0 Å². The van der Waals surface area contributed by atoms with E-state index < -0.39 is 87.5 Å². The molecule has 0 radical (unpaired) electrons. The molecular weight excluding hydrogens is 508 g/mol. The second kappa shape index (κ2) is 6.77. The summed E-state index contributed by atoms with van der Waals surface area (Å²) >= 11 is 0. The van der Waals surface area contributed by atoms with E-state index in [2.05, 4.69) is 0 Å². The van der Waals surface area contributed by atoms with Crippen molar-refractivity contribution in [2.45, 2.75) is 114 Å². The van der Waals surface area contributed by atoms with E-state index in [1.165, 1.54) is 0 Å². The number of Topliss-reactive ketones (excluding diaryl/α,β-unsaturated/α-hetero) is 2. The van der Waals surface area contributed by atoms with Crippen LogP contribution in [0, 0.1) is 40.9 Å². The fourth-order valence-electron chi connectivity index (χ4n) is 10.9. The first-order valence-corrected chi connectivity index (χ1v) is 14.5. The molecule has 13 atom stereocenters. The van der Waals surface area contributed by atoms with Gasteiger partial charge in [-0.15, -0.1) is 0 Å². The van der Waals surface area contributed by atoms with Gasteiger partial charge in [-0.3, -0.25) is 19.2 Å². The Morgan fingerprint density at radius 1 is 0.897 bits per heavy atom. The molecule has 10 heteroatoms. The van der Waals surface area contributed by atoms with Crippen molar-refractivity contribution < 1.29 is 48.0 Å². The van der Waals surface area contributed by atoms with Gasteiger partial charge >= 0.3 is 11.9 Å². The highest BCUT2D eigenvalue weighted by Crippen LogP contribution is 2.72. The molecule has 2 aliphatic carbocycles. The highest BCUT2D eigenvalue weighted by molar-refractivity contribution is 5.97. The maximum Gasteiger partial charge on any atom is 0.312 e. The maximum absolute atomic E-state index is 14.8. The van der Waals surface area contributed by atoms with Crippen LogP contribution in [0.15, 0.2) is 0 Å². The Balaban J connectivity index is 1.31. The molecule has 8 rings (SSSR count). The SMILES string of the molecule is C[C@@H]1C(=O)O[C@H]2[C@@H]1O[C@]13O[C@@]4(CC[C@]5(C)C(=O)[C@@H](C)[C@H]2[C@H]15)C[C@]12OC(=O)C[C@@]1(O)OC(C)(C)[C@@H]2CC[C@H]4C3=O. The molecule has 10 nitrogen and oxygen atoms in total. The average molecular weight is 545 g/mol. The fourth-order valence-corrected chi connectivity index (χ4v) is 10.9. The van der Waals surface area contributed by atoms with Gasteiger partial charge in [0.25, 0.3) is 0 Å². The van der Waals surface area contributed by atoms with Gasteiger partial charge in [0.1, 0.15) is 24.4 Å². The van der Waals surface area contributed by atoms with Crippen LogP contribution in [-0.4, -0.2) is 69.2 Å². The number of aliphatic hydroxyl groups is 1. The van der Waals surface area contributed by atoms with Crippen LogP contribution in [0.2, 0.25) is 0 Å². The van der Waals surface area contributed by atoms with E-state index in [-0.39, 0.29) is 30.3 Å². The van der Waals surface area contributed by atoms with Crippen LogP contribution in [0.1, 0.15) is 73.1 Å². The lowest BCUT2D eigenvalue weighted by Crippen LogP contribution is -2.63. The van der Waals surface area contributed by atoms with Crippen LogP contribution in [0.4, 0.5) is 0 Å². The fraction of sp³-hybridized carbons (Fsp3) is 0.862. The Hall–Kier alpha value is -1.88. The van der Waals surface area contributed by atoms with Crippen LogP contribution < -0.4 is 0 Å². The van der Waals surface area contributed by atoms with Gasteiger partial charge in [-0.25, -0.2) is 0 Å². The normalized spacial score (nSPS) is 59.9. The lowest BCUT2D eigenvalue weighted by Gasteiger charge is -2.50. The van der Waals surface area contributed by atoms with Crippen LogP contribution in [0.5, 0.6) is 0 Å². The van der Waals surface area contributed by atoms with Crippen LogP contribution in [0.3, 0.4) is 0 Å². The molecule has 0 aromatic rings. The van der Waals surface area contributed by atoms with Crippen molar-refractivity contribution >= 4 is 23.5 Å². The van der Waals surface area contributed by atoms with Crippen molar-refractivity contribution in [2.75, 3.05) is 0 Å². The van der Waals surface area contributed by atoms with Crippen molar-refractivity contribution in [1.82, 2.24) is 0 Å². The van der Waals surface area contributed by atoms with E-state index in [1.807, 2.05) is 27.7 Å². The van der Waals surface area contributed by atoms with Gasteiger partial charge in [0.15, 0.2) is 11.4 Å². The number of fused-ring (bicyclic) bond motifs is 2. The highest BCUT2D eigenvalue weighted by Gasteiger charge is 2.84. The van der Waals surface area contributed by atoms with Crippen molar-refractivity contribution in [3.8, 4) is 0 Å². The highest BCUT2D eigenvalue weighted by atomic mass is 16.7. The van der Waals surface area contributed by atoms with Crippen LogP contribution in [0.25, 0.3) is 0 Å². The zero-order valence-corrected chi connectivity index (χ0v) is 23.0. The van der Waals surface area contributed by atoms with Gasteiger partial charge < -0.3 is 28.8 Å². The molecule has 2 saturated carbocycles. The molecule has 6 aliphatic heterocycles. The summed E-state index contributed by atoms with van der Waals surface area (Å²) in [5, 5.41) is 11.8. The van der Waals surface area contributed by atoms with Crippen molar-refractivity contribution in [1.29, 1.82) is 0 Å². The summed E-state index contributed by atoms with van der Waals surface area (Å²) < 4.78 is 31.8. The number of rotatable bonds is 0. The maximum atomic E-state index is 14.8. The predicted octanol–water partition coefficient (Wildman–Crippen LogP) is 1.83. The molecular formula is C29H36O10. The standard InChI is InChI=1S/C29H36O10/c1-12-17-19-18(13(2)23(33)35-19)37-29-20(17)25(5,21(12)31)8-9-26(39-29)11-27-15(7-6-14(26)22(29)32)24(3,4)38-28(27,34)10-16(30)36-27/h12-15,17-20,34H,6-11H2,1-5H3/t12-,13-,14-,15-,17+,18+,19+,20-,25-,26-,27+,28+,29-/m0/s1. The molecule has 0 aromatic heterocycles. The van der Waals surface area contributed by atoms with E-state index in [9.17, 15) is 24.3 Å². The van der Waals surface area contributed by atoms with E-state index in [0.717, 1.165) is 0 Å². The molecule has 3 spiro atoms. The van der Waals surface area contributed by atoms with E-state index in [4.69, 9.17) is 23.7 Å². The number of ether oxygens (including phenoxy) is 5. The Labute approximate surface area is 226 Å². The second-order valence-electron chi connectivity index (χ2n) is 14.5. The van der Waals surface area contributed by atoms with Gasteiger partial charge in [-0.1, -0.05) is 13.8 Å². The van der Waals surface area contributed by atoms with Gasteiger partial charge in [0.2, 0.25) is 11.6 Å². The molecule has 212 valence electrons. The average Bonchev–Trinajstić information content (AvgIpc) is 3.38. The Bertz CT molecular complexity index is 1260. The summed E-state index contributed by atoms with van der Waals surface area (Å²) in [6, 6.07) is 0. The summed E-state index contributed by atoms with van der Waals surface area (Å²) in [5.41, 5.74) is -4.23. The lowest BCUT2D eigenvalue weighted by molar-refractivity contribution is -0.335. The zero-order valence-electron chi connectivity index (χ0n) is 23.0. The predicted molar refractivity (Wildman–Crippen MR) is 128 cm³/mol. The van der Waals surface area contributed by atoms with Gasteiger partial charge in [-0.05, 0) is 46.5 Å². The first-order chi connectivity index (χ1) is 18.1. The molecule has 6 heterocycles. The van der Waals surface area contributed by atoms with Crippen molar-refractivity contribution in [3.63, 3.8) is 0 Å². The molecule has 6 saturated heterocycles. The van der Waals surface area contributed by atoms with Crippen molar-refractivity contribution in [3.05, 3.63) is 0 Å². The Morgan fingerprint density at radius 2 is 1.64 bits per heavy atom. The van der Waals surface area contributed by atoms with Gasteiger partial charge in [0.05, 0.1) is 23.0 Å². The largest absolute Gasteiger partial charge is 0.459 e. The molecule has 0 unspecified atom stereocenters. The number of hydrogen-bond acceptors (Lipinski definition) is 10. The third-order valence-corrected chi connectivity index (χ3v) is 12.4. The quantitative estimate of drug-likeness (QED) is 0.450. The minimum atomic E-state index is -1.85. The molecule has 8 aliphatic rings. The lowest BCUT2D eigenvalue weighted by atomic mass is 9.61. The zero-order chi connectivity index (χ0) is 27.7. The number of carbonyl (C=O) groups excluding carboxylic acids is 4. The number of esters is 2. The molecule has 0 amide bonds. The third kappa shape index (κ3) is 2.48. The van der Waals surface area contributed by atoms with Gasteiger partial charge in [-0.2, -0.15) is 0 Å². The molecule has 1 N–H and O–H groups in total. The Morgan fingerprint density at radius 3 is 2.38 bits per heavy atom. The molecule has 8 fully saturated rings. The summed E-state index contributed by atoms with van der Waals surface area (Å²) in [5.74, 6) is -7.62. The van der Waals surface area contributed by atoms with Crippen molar-refractivity contribution in [2.24, 2.45) is 40.9 Å². The van der Waals surface area contributed by atoms with E-state index >= 15 is 0 Å². The van der Waals surface area contributed by atoms with Crippen LogP contribution in [-0.2, 0) is 42.9 Å². The molecule has 2 bridgehead atoms. The minimum absolute atomic E-state index is 0.0346. The molecule has 0 aromatic carbocycles. The second-order valence-corrected chi connectivity index (χ2v) is 14.5. The third-order valence-electron chi connectivity index (χ3n) is 12.4. The summed E-state index contributed by atoms with van der Waals surface area (Å²) in [6.45, 7) is 9.27. The topological polar surface area (TPSA) is 135 Å². The number of carbonyl (C=O) groups is 4. The van der Waals surface area contributed by atoms with E-state index in [0.29, 0.717) is 25.7 Å². The first kappa shape index (κ1) is 24.9. The summed E-state index contributed by atoms with van der Waals surface area (Å²) in [7, 11) is 0. The number of ketones is 2. The summed E-state index contributed by atoms with van der Waals surface area (Å²) in [4.78, 5) is 54.1. The number of hydrogen-bond donors (Lipinski definition) is 1. The molecule has 39 heavy (non-hydrogen) atoms. The van der Waals surface area contributed by atoms with E-state index in [1.54, 1.807) is 6.92 Å². The minimum Gasteiger partial charge on any atom is -0.459 e.